The van der Waals surface area contributed by atoms with E-state index < -0.39 is 5.97 Å². The van der Waals surface area contributed by atoms with E-state index in [1.54, 1.807) is 7.05 Å². The number of carboxylic acids is 1. The van der Waals surface area contributed by atoms with Gasteiger partial charge in [-0.3, -0.25) is 0 Å². The van der Waals surface area contributed by atoms with Gasteiger partial charge in [0.05, 0.1) is 5.97 Å². The molecule has 0 amide bonds. The van der Waals surface area contributed by atoms with Crippen LogP contribution in [0.3, 0.4) is 0 Å². The van der Waals surface area contributed by atoms with Crippen molar-refractivity contribution < 1.29 is 39.5 Å². The van der Waals surface area contributed by atoms with Crippen LogP contribution in [0.2, 0.25) is 0 Å². The number of rotatable bonds is 1. The molecule has 0 aliphatic rings. The molecule has 1 aromatic heterocycles. The second kappa shape index (κ2) is 4.27. The fraction of sp³-hybridized carbons (Fsp3) is 0.200. The van der Waals surface area contributed by atoms with Gasteiger partial charge in [-0.05, 0) is 15.9 Å². The maximum absolute atomic E-state index is 10.3. The molecular weight excluding hydrogens is 237 g/mol. The van der Waals surface area contributed by atoms with Gasteiger partial charge >= 0.3 is 29.6 Å². The summed E-state index contributed by atoms with van der Waals surface area (Å²) in [5.74, 6) is -1.29. The van der Waals surface area contributed by atoms with Crippen LogP contribution in [0.15, 0.2) is 4.73 Å². The first-order valence-electron chi connectivity index (χ1n) is 2.73. The van der Waals surface area contributed by atoms with E-state index in [1.165, 1.54) is 4.57 Å². The minimum absolute atomic E-state index is 0. The molecule has 0 aromatic carbocycles. The topological polar surface area (TPSA) is 84.0 Å². The molecule has 12 heavy (non-hydrogen) atoms. The Morgan fingerprint density at radius 3 is 2.42 bits per heavy atom. The number of carbonyl (C=O) groups excluding carboxylic acids is 1. The van der Waals surface area contributed by atoms with Crippen molar-refractivity contribution >= 4 is 27.7 Å². The first kappa shape index (κ1) is 12.0. The first-order chi connectivity index (χ1) is 5.04. The Morgan fingerprint density at radius 2 is 2.25 bits per heavy atom. The number of nitrogen functional groups attached to an aromatic ring is 1. The largest absolute Gasteiger partial charge is 1.00 e. The summed E-state index contributed by atoms with van der Waals surface area (Å²) in [5, 5.41) is 10.3. The fourth-order valence-corrected chi connectivity index (χ4v) is 1.00. The second-order valence-electron chi connectivity index (χ2n) is 1.96. The molecule has 0 unspecified atom stereocenters. The summed E-state index contributed by atoms with van der Waals surface area (Å²) in [6.45, 7) is 0. The van der Waals surface area contributed by atoms with Crippen molar-refractivity contribution in [3.05, 3.63) is 10.4 Å². The van der Waals surface area contributed by atoms with E-state index in [1.807, 2.05) is 0 Å². The number of carbonyl (C=O) groups is 1. The third-order valence-electron chi connectivity index (χ3n) is 1.28. The van der Waals surface area contributed by atoms with Crippen molar-refractivity contribution in [3.63, 3.8) is 0 Å². The molecule has 60 valence electrons. The molecular formula is C5H5BrN3NaO2. The average molecular weight is 242 g/mol. The Bertz CT molecular complexity index is 312. The summed E-state index contributed by atoms with van der Waals surface area (Å²) >= 11 is 3.02. The van der Waals surface area contributed by atoms with Crippen molar-refractivity contribution in [1.29, 1.82) is 0 Å². The number of imidazole rings is 1. The van der Waals surface area contributed by atoms with Crippen LogP contribution < -0.4 is 40.4 Å². The van der Waals surface area contributed by atoms with Crippen molar-refractivity contribution in [1.82, 2.24) is 9.55 Å². The normalized spacial score (nSPS) is 9.17. The number of carboxylic acid groups (broad SMARTS) is 1. The van der Waals surface area contributed by atoms with Crippen molar-refractivity contribution in [2.75, 3.05) is 5.73 Å². The molecule has 0 fully saturated rings. The predicted molar refractivity (Wildman–Crippen MR) is 39.7 cm³/mol. The van der Waals surface area contributed by atoms with Crippen molar-refractivity contribution in [3.8, 4) is 0 Å². The number of halogens is 1. The minimum atomic E-state index is -1.37. The molecule has 0 atom stereocenters. The van der Waals surface area contributed by atoms with Gasteiger partial charge in [-0.2, -0.15) is 0 Å². The van der Waals surface area contributed by atoms with Gasteiger partial charge in [0.15, 0.2) is 4.73 Å². The van der Waals surface area contributed by atoms with Crippen LogP contribution in [-0.4, -0.2) is 15.5 Å². The van der Waals surface area contributed by atoms with Gasteiger partial charge in [0.2, 0.25) is 0 Å². The number of hydrogen-bond acceptors (Lipinski definition) is 4. The molecule has 0 aliphatic heterocycles. The first-order valence-corrected chi connectivity index (χ1v) is 3.52. The molecule has 0 aliphatic carbocycles. The number of hydrogen-bond donors (Lipinski definition) is 1. The number of nitrogens with zero attached hydrogens (tertiary/aromatic N) is 2. The quantitative estimate of drug-likeness (QED) is 0.511. The Balaban J connectivity index is 0.00000121. The summed E-state index contributed by atoms with van der Waals surface area (Å²) in [6.07, 6.45) is 0. The third-order valence-corrected chi connectivity index (χ3v) is 1.99. The van der Waals surface area contributed by atoms with E-state index in [2.05, 4.69) is 20.9 Å². The molecule has 1 rings (SSSR count). The third kappa shape index (κ3) is 2.01. The molecule has 5 nitrogen and oxygen atoms in total. The standard InChI is InChI=1S/C5H6BrN3O2.Na/c1-9-3(7)2(4(10)11)8-5(9)6;/h7H2,1H3,(H,10,11);/q;+1/p-1. The molecule has 2 N–H and O–H groups in total. The van der Waals surface area contributed by atoms with Crippen LogP contribution in [0.4, 0.5) is 5.82 Å². The van der Waals surface area contributed by atoms with E-state index in [-0.39, 0.29) is 41.1 Å². The molecule has 0 saturated carbocycles. The zero-order valence-electron chi connectivity index (χ0n) is 6.67. The summed E-state index contributed by atoms with van der Waals surface area (Å²) in [6, 6.07) is 0. The van der Waals surface area contributed by atoms with E-state index in [4.69, 9.17) is 5.73 Å². The van der Waals surface area contributed by atoms with E-state index >= 15 is 0 Å². The summed E-state index contributed by atoms with van der Waals surface area (Å²) in [5.41, 5.74) is 5.12. The molecule has 1 heterocycles. The molecule has 0 spiro atoms. The van der Waals surface area contributed by atoms with Gasteiger partial charge in [0.25, 0.3) is 0 Å². The smallest absolute Gasteiger partial charge is 0.543 e. The number of nitrogens with two attached hydrogens (primary N) is 1. The molecule has 1 aromatic rings. The van der Waals surface area contributed by atoms with Crippen LogP contribution in [0.1, 0.15) is 10.5 Å². The summed E-state index contributed by atoms with van der Waals surface area (Å²) in [4.78, 5) is 13.9. The van der Waals surface area contributed by atoms with Gasteiger partial charge in [0, 0.05) is 7.05 Å². The summed E-state index contributed by atoms with van der Waals surface area (Å²) < 4.78 is 1.78. The fourth-order valence-electron chi connectivity index (χ4n) is 0.633. The monoisotopic (exact) mass is 241 g/mol. The van der Waals surface area contributed by atoms with Crippen LogP contribution >= 0.6 is 15.9 Å². The predicted octanol–water partition coefficient (Wildman–Crippen LogP) is -3.87. The van der Waals surface area contributed by atoms with Gasteiger partial charge in [-0.25, -0.2) is 4.98 Å². The van der Waals surface area contributed by atoms with E-state index in [0.29, 0.717) is 4.73 Å². The van der Waals surface area contributed by atoms with Crippen molar-refractivity contribution in [2.45, 2.75) is 0 Å². The van der Waals surface area contributed by atoms with Gasteiger partial charge in [-0.15, -0.1) is 0 Å². The molecule has 0 saturated heterocycles. The minimum Gasteiger partial charge on any atom is -0.543 e. The Kier molecular flexibility index (Phi) is 4.25. The zero-order chi connectivity index (χ0) is 8.59. The Hall–Kier alpha value is -0.0400. The van der Waals surface area contributed by atoms with Crippen LogP contribution in [0, 0.1) is 0 Å². The van der Waals surface area contributed by atoms with Crippen molar-refractivity contribution in [2.24, 2.45) is 7.05 Å². The van der Waals surface area contributed by atoms with E-state index in [0.717, 1.165) is 0 Å². The maximum Gasteiger partial charge on any atom is 1.00 e. The summed E-state index contributed by atoms with van der Waals surface area (Å²) in [7, 11) is 1.60. The molecule has 0 bridgehead atoms. The second-order valence-corrected chi connectivity index (χ2v) is 2.67. The van der Waals surface area contributed by atoms with Gasteiger partial charge in [-0.1, -0.05) is 0 Å². The zero-order valence-corrected chi connectivity index (χ0v) is 10.3. The maximum atomic E-state index is 10.3. The van der Waals surface area contributed by atoms with Gasteiger partial charge in [0.1, 0.15) is 11.5 Å². The van der Waals surface area contributed by atoms with Gasteiger partial charge < -0.3 is 20.2 Å². The average Bonchev–Trinajstić information content (AvgIpc) is 2.17. The SMILES string of the molecule is Cn1c(Br)nc(C(=O)[O-])c1N.[Na+]. The number of aromatic nitrogens is 2. The Morgan fingerprint density at radius 1 is 1.75 bits per heavy atom. The number of aromatic carboxylic acids is 1. The molecule has 7 heteroatoms. The van der Waals surface area contributed by atoms with Crippen LogP contribution in [0.25, 0.3) is 0 Å². The van der Waals surface area contributed by atoms with E-state index in [9.17, 15) is 9.90 Å². The molecule has 0 radical (unpaired) electrons. The van der Waals surface area contributed by atoms with Crippen LogP contribution in [0.5, 0.6) is 0 Å². The Labute approximate surface area is 99.4 Å². The van der Waals surface area contributed by atoms with Crippen LogP contribution in [-0.2, 0) is 7.05 Å². The number of anilines is 1.